The van der Waals surface area contributed by atoms with Gasteiger partial charge in [0.15, 0.2) is 5.82 Å². The van der Waals surface area contributed by atoms with Crippen LogP contribution in [0.15, 0.2) is 29.5 Å². The summed E-state index contributed by atoms with van der Waals surface area (Å²) in [5, 5.41) is 0.881. The van der Waals surface area contributed by atoms with Gasteiger partial charge in [-0.05, 0) is 26.0 Å². The molecule has 7 heteroatoms. The molecule has 3 aromatic heterocycles. The van der Waals surface area contributed by atoms with Crippen molar-refractivity contribution in [3.63, 3.8) is 0 Å². The van der Waals surface area contributed by atoms with Crippen LogP contribution in [0, 0.1) is 6.92 Å². The number of nitrogens with zero attached hydrogens (tertiary/aromatic N) is 5. The summed E-state index contributed by atoms with van der Waals surface area (Å²) < 4.78 is 0. The van der Waals surface area contributed by atoms with Gasteiger partial charge in [-0.3, -0.25) is 9.98 Å². The summed E-state index contributed by atoms with van der Waals surface area (Å²) >= 11 is 1.58. The standard InChI is InChI=1S/C17H20N6S/c1-5-23(4)16(19-3)14-12-13(18)10(2)24-17(12)22-15(21-14)11-7-6-8-20-9-11/h6-9H,5,18H2,1-4H3. The third kappa shape index (κ3) is 2.71. The molecular weight excluding hydrogens is 320 g/mol. The van der Waals surface area contributed by atoms with E-state index in [1.165, 1.54) is 0 Å². The maximum Gasteiger partial charge on any atom is 0.163 e. The van der Waals surface area contributed by atoms with Crippen molar-refractivity contribution in [1.82, 2.24) is 19.9 Å². The summed E-state index contributed by atoms with van der Waals surface area (Å²) in [6, 6.07) is 3.83. The first-order valence-corrected chi connectivity index (χ1v) is 8.53. The molecule has 3 aromatic rings. The normalized spacial score (nSPS) is 11.9. The van der Waals surface area contributed by atoms with Crippen LogP contribution in [0.5, 0.6) is 0 Å². The van der Waals surface area contributed by atoms with Crippen LogP contribution in [0.3, 0.4) is 0 Å². The monoisotopic (exact) mass is 340 g/mol. The maximum absolute atomic E-state index is 6.31. The number of rotatable bonds is 3. The topological polar surface area (TPSA) is 80.3 Å². The number of hydrogen-bond donors (Lipinski definition) is 1. The molecule has 0 unspecified atom stereocenters. The number of fused-ring (bicyclic) bond motifs is 1. The number of aromatic nitrogens is 3. The number of anilines is 1. The van der Waals surface area contributed by atoms with Crippen LogP contribution in [-0.4, -0.2) is 46.3 Å². The van der Waals surface area contributed by atoms with E-state index in [0.29, 0.717) is 5.82 Å². The van der Waals surface area contributed by atoms with Crippen LogP contribution >= 0.6 is 11.3 Å². The average Bonchev–Trinajstić information content (AvgIpc) is 2.90. The summed E-state index contributed by atoms with van der Waals surface area (Å²) in [5.41, 5.74) is 8.68. The molecule has 0 aromatic carbocycles. The number of pyridine rings is 1. The highest BCUT2D eigenvalue weighted by molar-refractivity contribution is 7.19. The van der Waals surface area contributed by atoms with E-state index in [1.54, 1.807) is 30.8 Å². The summed E-state index contributed by atoms with van der Waals surface area (Å²) in [5.74, 6) is 1.44. The fourth-order valence-corrected chi connectivity index (χ4v) is 3.47. The number of amidine groups is 1. The Labute approximate surface area is 145 Å². The van der Waals surface area contributed by atoms with Gasteiger partial charge in [-0.25, -0.2) is 9.97 Å². The van der Waals surface area contributed by atoms with Gasteiger partial charge in [0.1, 0.15) is 16.4 Å². The fraction of sp³-hybridized carbons (Fsp3) is 0.294. The molecule has 0 amide bonds. The molecule has 0 aliphatic rings. The average molecular weight is 340 g/mol. The highest BCUT2D eigenvalue weighted by atomic mass is 32.1. The van der Waals surface area contributed by atoms with Crippen molar-refractivity contribution in [2.24, 2.45) is 4.99 Å². The number of nitrogen functional groups attached to an aromatic ring is 1. The zero-order chi connectivity index (χ0) is 17.3. The van der Waals surface area contributed by atoms with Gasteiger partial charge in [0, 0.05) is 43.5 Å². The maximum atomic E-state index is 6.31. The lowest BCUT2D eigenvalue weighted by molar-refractivity contribution is 0.534. The van der Waals surface area contributed by atoms with Crippen LogP contribution in [0.2, 0.25) is 0 Å². The summed E-state index contributed by atoms with van der Waals surface area (Å²) in [7, 11) is 3.77. The van der Waals surface area contributed by atoms with Gasteiger partial charge in [0.05, 0.1) is 11.1 Å². The number of thiophene rings is 1. The van der Waals surface area contributed by atoms with Crippen LogP contribution in [0.1, 0.15) is 17.5 Å². The Hall–Kier alpha value is -2.54. The molecule has 0 bridgehead atoms. The van der Waals surface area contributed by atoms with Crippen LogP contribution in [0.4, 0.5) is 5.69 Å². The first-order valence-electron chi connectivity index (χ1n) is 7.72. The lowest BCUT2D eigenvalue weighted by Gasteiger charge is -2.19. The fourth-order valence-electron chi connectivity index (χ4n) is 2.53. The predicted molar refractivity (Wildman–Crippen MR) is 101 cm³/mol. The minimum atomic E-state index is 0.637. The molecule has 24 heavy (non-hydrogen) atoms. The molecule has 6 nitrogen and oxygen atoms in total. The van der Waals surface area contributed by atoms with E-state index in [0.717, 1.165) is 44.4 Å². The van der Waals surface area contributed by atoms with Crippen molar-refractivity contribution in [1.29, 1.82) is 0 Å². The Balaban J connectivity index is 2.33. The minimum Gasteiger partial charge on any atom is -0.397 e. The minimum absolute atomic E-state index is 0.637. The van der Waals surface area contributed by atoms with Crippen molar-refractivity contribution >= 4 is 33.1 Å². The highest BCUT2D eigenvalue weighted by Crippen LogP contribution is 2.35. The molecule has 0 spiro atoms. The lowest BCUT2D eigenvalue weighted by Crippen LogP contribution is -2.28. The Morgan fingerprint density at radius 2 is 2.17 bits per heavy atom. The first kappa shape index (κ1) is 16.3. The molecule has 0 atom stereocenters. The second-order valence-electron chi connectivity index (χ2n) is 5.45. The molecule has 2 N–H and O–H groups in total. The van der Waals surface area contributed by atoms with E-state index in [2.05, 4.69) is 21.8 Å². The lowest BCUT2D eigenvalue weighted by atomic mass is 10.2. The molecule has 0 aliphatic heterocycles. The van der Waals surface area contributed by atoms with Crippen molar-refractivity contribution in [3.05, 3.63) is 35.1 Å². The van der Waals surface area contributed by atoms with Crippen LogP contribution in [-0.2, 0) is 0 Å². The van der Waals surface area contributed by atoms with Gasteiger partial charge in [-0.1, -0.05) is 0 Å². The smallest absolute Gasteiger partial charge is 0.163 e. The second-order valence-corrected chi connectivity index (χ2v) is 6.65. The molecule has 0 saturated carbocycles. The summed E-state index contributed by atoms with van der Waals surface area (Å²) in [6.07, 6.45) is 3.50. The third-order valence-electron chi connectivity index (χ3n) is 3.95. The van der Waals surface area contributed by atoms with E-state index in [1.807, 2.05) is 26.1 Å². The van der Waals surface area contributed by atoms with Crippen molar-refractivity contribution in [3.8, 4) is 11.4 Å². The zero-order valence-corrected chi connectivity index (χ0v) is 15.1. The molecular formula is C17H20N6S. The van der Waals surface area contributed by atoms with E-state index in [-0.39, 0.29) is 0 Å². The number of aryl methyl sites for hydroxylation is 1. The van der Waals surface area contributed by atoms with Gasteiger partial charge >= 0.3 is 0 Å². The summed E-state index contributed by atoms with van der Waals surface area (Å²) in [4.78, 5) is 22.1. The largest absolute Gasteiger partial charge is 0.397 e. The Kier molecular flexibility index (Phi) is 4.44. The number of nitrogens with two attached hydrogens (primary N) is 1. The first-order chi connectivity index (χ1) is 11.6. The van der Waals surface area contributed by atoms with Gasteiger partial charge in [0.2, 0.25) is 0 Å². The van der Waals surface area contributed by atoms with E-state index >= 15 is 0 Å². The third-order valence-corrected chi connectivity index (χ3v) is 4.97. The van der Waals surface area contributed by atoms with Gasteiger partial charge in [-0.15, -0.1) is 11.3 Å². The quantitative estimate of drug-likeness (QED) is 0.585. The Bertz CT molecular complexity index is 900. The van der Waals surface area contributed by atoms with Crippen molar-refractivity contribution < 1.29 is 0 Å². The van der Waals surface area contributed by atoms with Crippen molar-refractivity contribution in [2.75, 3.05) is 26.4 Å². The van der Waals surface area contributed by atoms with E-state index < -0.39 is 0 Å². The zero-order valence-electron chi connectivity index (χ0n) is 14.2. The Morgan fingerprint density at radius 1 is 1.38 bits per heavy atom. The molecule has 3 heterocycles. The highest BCUT2D eigenvalue weighted by Gasteiger charge is 2.21. The second kappa shape index (κ2) is 6.52. The van der Waals surface area contributed by atoms with Crippen molar-refractivity contribution in [2.45, 2.75) is 13.8 Å². The molecule has 124 valence electrons. The molecule has 0 fully saturated rings. The Morgan fingerprint density at radius 3 is 2.79 bits per heavy atom. The van der Waals surface area contributed by atoms with E-state index in [4.69, 9.17) is 15.7 Å². The van der Waals surface area contributed by atoms with E-state index in [9.17, 15) is 0 Å². The van der Waals surface area contributed by atoms with Crippen LogP contribution in [0.25, 0.3) is 21.6 Å². The van der Waals surface area contributed by atoms with Crippen LogP contribution < -0.4 is 5.73 Å². The molecule has 0 saturated heterocycles. The van der Waals surface area contributed by atoms with Gasteiger partial charge < -0.3 is 10.6 Å². The molecule has 0 radical (unpaired) electrons. The predicted octanol–water partition coefficient (Wildman–Crippen LogP) is 2.97. The molecule has 3 rings (SSSR count). The number of hydrogen-bond acceptors (Lipinski definition) is 6. The summed E-state index contributed by atoms with van der Waals surface area (Å²) in [6.45, 7) is 4.90. The SMILES string of the molecule is CCN(C)C(=NC)c1nc(-c2cccnc2)nc2sc(C)c(N)c12. The molecule has 0 aliphatic carbocycles. The van der Waals surface area contributed by atoms with Gasteiger partial charge in [-0.2, -0.15) is 0 Å². The number of aliphatic imine (C=N–C) groups is 1. The van der Waals surface area contributed by atoms with Gasteiger partial charge in [0.25, 0.3) is 0 Å².